The van der Waals surface area contributed by atoms with Crippen molar-refractivity contribution in [3.63, 3.8) is 0 Å². The normalized spacial score (nSPS) is 12.6. The van der Waals surface area contributed by atoms with Crippen molar-refractivity contribution in [2.45, 2.75) is 252 Å². The molecular formula is C56H96O6. The van der Waals surface area contributed by atoms with Crippen molar-refractivity contribution in [2.24, 2.45) is 0 Å². The largest absolute Gasteiger partial charge is 0.462 e. The standard InChI is InChI=1S/C56H96O6/c1-4-7-10-13-16-19-22-24-26-27-28-29-31-32-34-37-40-43-46-49-55(58)61-52-53(51-60-54(57)48-45-42-39-36-21-18-15-12-9-6-3)62-56(59)50-47-44-41-38-35-33-30-25-23-20-17-14-11-8-5-2/h7,10,16,19,24-26,28-30,32,34,53H,4-6,8-9,11-15,17-18,20-23,27,31,33,35-52H2,1-3H3/b10-7-,19-16-,26-24-,29-28-,30-25-,34-32-/t53-/m1/s1. The third-order valence-electron chi connectivity index (χ3n) is 10.9. The molecule has 0 unspecified atom stereocenters. The van der Waals surface area contributed by atoms with Gasteiger partial charge in [-0.05, 0) is 89.9 Å². The Bertz CT molecular complexity index is 1180. The van der Waals surface area contributed by atoms with Gasteiger partial charge in [0.25, 0.3) is 0 Å². The lowest BCUT2D eigenvalue weighted by Crippen LogP contribution is -2.30. The summed E-state index contributed by atoms with van der Waals surface area (Å²) in [6.45, 7) is 6.47. The predicted octanol–water partition coefficient (Wildman–Crippen LogP) is 17.0. The van der Waals surface area contributed by atoms with Gasteiger partial charge in [-0.15, -0.1) is 0 Å². The van der Waals surface area contributed by atoms with Crippen LogP contribution in [0.15, 0.2) is 72.9 Å². The highest BCUT2D eigenvalue weighted by molar-refractivity contribution is 5.71. The smallest absolute Gasteiger partial charge is 0.306 e. The molecule has 0 saturated carbocycles. The SMILES string of the molecule is CC/C=C\C/C=C\C/C=C\C/C=C\C/C=C\CCCCCC(=O)OC[C@@H](COC(=O)CCCCCCCCCCCC)OC(=O)CCCCCCC/C=C\CCCCCCCC. The lowest BCUT2D eigenvalue weighted by atomic mass is 10.1. The molecule has 0 aromatic heterocycles. The molecule has 0 saturated heterocycles. The maximum Gasteiger partial charge on any atom is 0.306 e. The van der Waals surface area contributed by atoms with E-state index in [4.69, 9.17) is 14.2 Å². The second-order valence-electron chi connectivity index (χ2n) is 17.1. The second-order valence-corrected chi connectivity index (χ2v) is 17.1. The van der Waals surface area contributed by atoms with Crippen LogP contribution in [0.25, 0.3) is 0 Å². The van der Waals surface area contributed by atoms with Crippen LogP contribution in [-0.2, 0) is 28.6 Å². The summed E-state index contributed by atoms with van der Waals surface area (Å²) in [6, 6.07) is 0. The van der Waals surface area contributed by atoms with E-state index in [1.54, 1.807) is 0 Å². The molecule has 0 aliphatic heterocycles. The summed E-state index contributed by atoms with van der Waals surface area (Å²) >= 11 is 0. The van der Waals surface area contributed by atoms with Crippen molar-refractivity contribution in [1.29, 1.82) is 0 Å². The number of ether oxygens (including phenoxy) is 3. The Morgan fingerprint density at radius 1 is 0.339 bits per heavy atom. The van der Waals surface area contributed by atoms with Gasteiger partial charge in [-0.3, -0.25) is 14.4 Å². The maximum absolute atomic E-state index is 12.8. The maximum atomic E-state index is 12.8. The molecule has 356 valence electrons. The first-order chi connectivity index (χ1) is 30.5. The van der Waals surface area contributed by atoms with Crippen molar-refractivity contribution < 1.29 is 28.6 Å². The Balaban J connectivity index is 4.42. The van der Waals surface area contributed by atoms with Crippen molar-refractivity contribution in [1.82, 2.24) is 0 Å². The van der Waals surface area contributed by atoms with E-state index < -0.39 is 6.10 Å². The van der Waals surface area contributed by atoms with E-state index >= 15 is 0 Å². The zero-order valence-electron chi connectivity index (χ0n) is 40.6. The lowest BCUT2D eigenvalue weighted by Gasteiger charge is -2.18. The summed E-state index contributed by atoms with van der Waals surface area (Å²) in [5, 5.41) is 0. The Labute approximate surface area is 382 Å². The number of carbonyl (C=O) groups excluding carboxylic acids is 3. The Morgan fingerprint density at radius 3 is 1.02 bits per heavy atom. The molecule has 0 spiro atoms. The summed E-state index contributed by atoms with van der Waals surface area (Å²) < 4.78 is 16.7. The number of hydrogen-bond donors (Lipinski definition) is 0. The van der Waals surface area contributed by atoms with Crippen molar-refractivity contribution >= 4 is 17.9 Å². The minimum Gasteiger partial charge on any atom is -0.462 e. The summed E-state index contributed by atoms with van der Waals surface area (Å²) in [6.07, 6.45) is 63.1. The molecule has 0 aliphatic carbocycles. The average Bonchev–Trinajstić information content (AvgIpc) is 3.27. The number of esters is 3. The van der Waals surface area contributed by atoms with E-state index in [2.05, 4.69) is 93.7 Å². The van der Waals surface area contributed by atoms with Crippen LogP contribution in [-0.4, -0.2) is 37.2 Å². The number of unbranched alkanes of at least 4 members (excludes halogenated alkanes) is 23. The fourth-order valence-corrected chi connectivity index (χ4v) is 7.05. The molecule has 0 rings (SSSR count). The summed E-state index contributed by atoms with van der Waals surface area (Å²) in [4.78, 5) is 37.9. The average molecular weight is 865 g/mol. The van der Waals surface area contributed by atoms with Gasteiger partial charge >= 0.3 is 17.9 Å². The third-order valence-corrected chi connectivity index (χ3v) is 10.9. The van der Waals surface area contributed by atoms with Gasteiger partial charge in [0.15, 0.2) is 6.10 Å². The van der Waals surface area contributed by atoms with E-state index in [0.717, 1.165) is 109 Å². The molecule has 0 radical (unpaired) electrons. The van der Waals surface area contributed by atoms with Gasteiger partial charge in [0, 0.05) is 19.3 Å². The van der Waals surface area contributed by atoms with Gasteiger partial charge in [-0.1, -0.05) is 209 Å². The van der Waals surface area contributed by atoms with E-state index in [-0.39, 0.29) is 31.1 Å². The van der Waals surface area contributed by atoms with Gasteiger partial charge in [0.2, 0.25) is 0 Å². The molecule has 0 heterocycles. The number of rotatable bonds is 46. The zero-order valence-corrected chi connectivity index (χ0v) is 40.6. The van der Waals surface area contributed by atoms with E-state index in [9.17, 15) is 14.4 Å². The zero-order chi connectivity index (χ0) is 45.1. The molecule has 0 aromatic rings. The molecule has 0 N–H and O–H groups in total. The molecule has 0 amide bonds. The molecule has 0 aliphatic rings. The fraction of sp³-hybridized carbons (Fsp3) is 0.732. The second kappa shape index (κ2) is 50.5. The van der Waals surface area contributed by atoms with Crippen LogP contribution in [0.1, 0.15) is 245 Å². The molecule has 0 bridgehead atoms. The van der Waals surface area contributed by atoms with Crippen LogP contribution < -0.4 is 0 Å². The van der Waals surface area contributed by atoms with E-state index in [1.165, 1.54) is 96.3 Å². The van der Waals surface area contributed by atoms with Crippen LogP contribution in [0.2, 0.25) is 0 Å². The first-order valence-electron chi connectivity index (χ1n) is 25.9. The third kappa shape index (κ3) is 47.9. The van der Waals surface area contributed by atoms with E-state index in [1.807, 2.05) is 0 Å². The van der Waals surface area contributed by atoms with Crippen LogP contribution >= 0.6 is 0 Å². The monoisotopic (exact) mass is 865 g/mol. The Kier molecular flexibility index (Phi) is 47.9. The summed E-state index contributed by atoms with van der Waals surface area (Å²) in [7, 11) is 0. The topological polar surface area (TPSA) is 78.9 Å². The minimum atomic E-state index is -0.790. The van der Waals surface area contributed by atoms with E-state index in [0.29, 0.717) is 19.3 Å². The number of allylic oxidation sites excluding steroid dienone is 12. The van der Waals surface area contributed by atoms with Crippen LogP contribution in [0.5, 0.6) is 0 Å². The van der Waals surface area contributed by atoms with Crippen molar-refractivity contribution in [3.8, 4) is 0 Å². The number of hydrogen-bond acceptors (Lipinski definition) is 6. The van der Waals surface area contributed by atoms with Crippen LogP contribution in [0, 0.1) is 0 Å². The minimum absolute atomic E-state index is 0.0881. The Morgan fingerprint density at radius 2 is 0.629 bits per heavy atom. The molecule has 6 heteroatoms. The molecule has 62 heavy (non-hydrogen) atoms. The molecular weight excluding hydrogens is 769 g/mol. The van der Waals surface area contributed by atoms with Crippen molar-refractivity contribution in [2.75, 3.05) is 13.2 Å². The highest BCUT2D eigenvalue weighted by Crippen LogP contribution is 2.14. The molecule has 0 fully saturated rings. The van der Waals surface area contributed by atoms with Gasteiger partial charge in [0.1, 0.15) is 13.2 Å². The number of carbonyl (C=O) groups is 3. The summed E-state index contributed by atoms with van der Waals surface area (Å²) in [5.74, 6) is -0.930. The first-order valence-corrected chi connectivity index (χ1v) is 25.9. The van der Waals surface area contributed by atoms with Gasteiger partial charge in [-0.2, -0.15) is 0 Å². The highest BCUT2D eigenvalue weighted by atomic mass is 16.6. The molecule has 1 atom stereocenters. The van der Waals surface area contributed by atoms with Crippen molar-refractivity contribution in [3.05, 3.63) is 72.9 Å². The van der Waals surface area contributed by atoms with Gasteiger partial charge in [0.05, 0.1) is 0 Å². The quantitative estimate of drug-likeness (QED) is 0.0262. The fourth-order valence-electron chi connectivity index (χ4n) is 7.05. The first kappa shape index (κ1) is 58.9. The highest BCUT2D eigenvalue weighted by Gasteiger charge is 2.19. The molecule has 0 aromatic carbocycles. The van der Waals surface area contributed by atoms with Crippen LogP contribution in [0.4, 0.5) is 0 Å². The Hall–Kier alpha value is -3.15. The lowest BCUT2D eigenvalue weighted by molar-refractivity contribution is -0.167. The van der Waals surface area contributed by atoms with Gasteiger partial charge in [-0.25, -0.2) is 0 Å². The predicted molar refractivity (Wildman–Crippen MR) is 265 cm³/mol. The van der Waals surface area contributed by atoms with Crippen LogP contribution in [0.3, 0.4) is 0 Å². The molecule has 6 nitrogen and oxygen atoms in total. The summed E-state index contributed by atoms with van der Waals surface area (Å²) in [5.41, 5.74) is 0. The van der Waals surface area contributed by atoms with Gasteiger partial charge < -0.3 is 14.2 Å².